The van der Waals surface area contributed by atoms with Gasteiger partial charge in [-0.2, -0.15) is 0 Å². The third kappa shape index (κ3) is 4.67. The fraction of sp³-hybridized carbons (Fsp3) is 0.520. The summed E-state index contributed by atoms with van der Waals surface area (Å²) in [5.74, 6) is 2.69. The van der Waals surface area contributed by atoms with Crippen LogP contribution in [0.1, 0.15) is 49.8 Å². The van der Waals surface area contributed by atoms with Crippen LogP contribution in [0.4, 0.5) is 4.79 Å². The smallest absolute Gasteiger partial charge is 0.321 e. The van der Waals surface area contributed by atoms with E-state index in [0.29, 0.717) is 24.4 Å². The van der Waals surface area contributed by atoms with Gasteiger partial charge < -0.3 is 14.8 Å². The summed E-state index contributed by atoms with van der Waals surface area (Å²) in [6, 6.07) is 10.3. The third-order valence-electron chi connectivity index (χ3n) is 7.38. The molecule has 0 unspecified atom stereocenters. The van der Waals surface area contributed by atoms with Gasteiger partial charge >= 0.3 is 6.03 Å². The molecule has 7 nitrogen and oxygen atoms in total. The van der Waals surface area contributed by atoms with Crippen LogP contribution in [-0.2, 0) is 17.9 Å². The predicted molar refractivity (Wildman–Crippen MR) is 119 cm³/mol. The number of urea groups is 1. The van der Waals surface area contributed by atoms with Gasteiger partial charge in [-0.05, 0) is 74.5 Å². The highest BCUT2D eigenvalue weighted by Gasteiger charge is 2.51. The standard InChI is InChI=1S/C25H31N3O4/c29-22-6-2-1-4-20(22)14-28(15-21-5-3-7-32-21)16-23(30)26-24(31)27-25-11-17-8-18(12-25)10-19(9-17)13-25/h1-7,17-19,29H,8-16H2,(H2,26,27,30,31). The van der Waals surface area contributed by atoms with Crippen molar-refractivity contribution in [3.63, 3.8) is 0 Å². The molecule has 1 aromatic heterocycles. The molecule has 170 valence electrons. The molecule has 0 spiro atoms. The van der Waals surface area contributed by atoms with Crippen LogP contribution in [0.5, 0.6) is 5.75 Å². The van der Waals surface area contributed by atoms with Gasteiger partial charge in [-0.1, -0.05) is 18.2 Å². The topological polar surface area (TPSA) is 94.8 Å². The van der Waals surface area contributed by atoms with Gasteiger partial charge in [-0.25, -0.2) is 4.79 Å². The number of nitrogens with one attached hydrogen (secondary N) is 2. The Hall–Kier alpha value is -2.80. The summed E-state index contributed by atoms with van der Waals surface area (Å²) >= 11 is 0. The lowest BCUT2D eigenvalue weighted by Gasteiger charge is -2.56. The van der Waals surface area contributed by atoms with Gasteiger partial charge in [0.2, 0.25) is 5.91 Å². The van der Waals surface area contributed by atoms with Crippen LogP contribution in [-0.4, -0.2) is 34.0 Å². The molecular formula is C25H31N3O4. The highest BCUT2D eigenvalue weighted by molar-refractivity contribution is 5.95. The first-order valence-electron chi connectivity index (χ1n) is 11.6. The SMILES string of the molecule is O=C(CN(Cc1ccco1)Cc1ccccc1O)NC(=O)NC12CC3CC(CC(C3)C1)C2. The van der Waals surface area contributed by atoms with Crippen molar-refractivity contribution in [2.24, 2.45) is 17.8 Å². The zero-order valence-electron chi connectivity index (χ0n) is 18.3. The number of carbonyl (C=O) groups is 2. The van der Waals surface area contributed by atoms with E-state index in [1.807, 2.05) is 23.1 Å². The maximum atomic E-state index is 12.7. The number of para-hydroxylation sites is 1. The van der Waals surface area contributed by atoms with Gasteiger partial charge in [0, 0.05) is 17.6 Å². The maximum Gasteiger partial charge on any atom is 0.321 e. The zero-order valence-corrected chi connectivity index (χ0v) is 18.3. The fourth-order valence-electron chi connectivity index (χ4n) is 6.58. The Morgan fingerprint density at radius 2 is 1.69 bits per heavy atom. The average Bonchev–Trinajstić information content (AvgIpc) is 3.21. The molecule has 2 aromatic rings. The van der Waals surface area contributed by atoms with Crippen molar-refractivity contribution >= 4 is 11.9 Å². The summed E-state index contributed by atoms with van der Waals surface area (Å²) in [6.45, 7) is 0.770. The quantitative estimate of drug-likeness (QED) is 0.613. The molecule has 4 aliphatic rings. The number of phenols is 1. The molecule has 6 rings (SSSR count). The second-order valence-corrected chi connectivity index (χ2v) is 10.1. The van der Waals surface area contributed by atoms with Crippen molar-refractivity contribution < 1.29 is 19.1 Å². The molecule has 1 heterocycles. The largest absolute Gasteiger partial charge is 0.508 e. The van der Waals surface area contributed by atoms with Gasteiger partial charge in [0.25, 0.3) is 0 Å². The van der Waals surface area contributed by atoms with Crippen molar-refractivity contribution in [2.45, 2.75) is 57.2 Å². The number of aromatic hydroxyl groups is 1. The van der Waals surface area contributed by atoms with E-state index in [0.717, 1.165) is 37.0 Å². The summed E-state index contributed by atoms with van der Waals surface area (Å²) in [4.78, 5) is 27.3. The number of amides is 3. The van der Waals surface area contributed by atoms with E-state index in [1.165, 1.54) is 19.3 Å². The van der Waals surface area contributed by atoms with Crippen LogP contribution in [0.2, 0.25) is 0 Å². The molecule has 0 atom stereocenters. The van der Waals surface area contributed by atoms with Gasteiger partial charge in [0.15, 0.2) is 0 Å². The van der Waals surface area contributed by atoms with Crippen LogP contribution < -0.4 is 10.6 Å². The summed E-state index contributed by atoms with van der Waals surface area (Å²) < 4.78 is 5.44. The fourth-order valence-corrected chi connectivity index (χ4v) is 6.58. The first-order valence-corrected chi connectivity index (χ1v) is 11.6. The molecule has 1 aromatic carbocycles. The Bertz CT molecular complexity index is 936. The average molecular weight is 438 g/mol. The number of benzene rings is 1. The number of furan rings is 1. The lowest BCUT2D eigenvalue weighted by molar-refractivity contribution is -0.121. The second-order valence-electron chi connectivity index (χ2n) is 10.1. The first-order chi connectivity index (χ1) is 15.5. The van der Waals surface area contributed by atoms with Crippen LogP contribution in [0, 0.1) is 17.8 Å². The van der Waals surface area contributed by atoms with Gasteiger partial charge in [0.1, 0.15) is 11.5 Å². The number of nitrogens with zero attached hydrogens (tertiary/aromatic N) is 1. The summed E-state index contributed by atoms with van der Waals surface area (Å²) in [5, 5.41) is 15.9. The minimum absolute atomic E-state index is 0.0172. The van der Waals surface area contributed by atoms with Crippen molar-refractivity contribution in [1.29, 1.82) is 0 Å². The van der Waals surface area contributed by atoms with E-state index in [4.69, 9.17) is 4.42 Å². The van der Waals surface area contributed by atoms with Crippen LogP contribution in [0.3, 0.4) is 0 Å². The van der Waals surface area contributed by atoms with Crippen molar-refractivity contribution in [3.8, 4) is 5.75 Å². The molecule has 0 aliphatic heterocycles. The highest BCUT2D eigenvalue weighted by Crippen LogP contribution is 2.55. The van der Waals surface area contributed by atoms with Crippen LogP contribution in [0.25, 0.3) is 0 Å². The Labute approximate surface area is 188 Å². The minimum atomic E-state index is -0.391. The number of hydrogen-bond acceptors (Lipinski definition) is 5. The number of rotatable bonds is 7. The molecule has 4 aliphatic carbocycles. The zero-order chi connectivity index (χ0) is 22.1. The third-order valence-corrected chi connectivity index (χ3v) is 7.38. The van der Waals surface area contributed by atoms with Crippen molar-refractivity contribution in [3.05, 3.63) is 54.0 Å². The van der Waals surface area contributed by atoms with Gasteiger partial charge in [-0.15, -0.1) is 0 Å². The van der Waals surface area contributed by atoms with Crippen molar-refractivity contribution in [2.75, 3.05) is 6.54 Å². The highest BCUT2D eigenvalue weighted by atomic mass is 16.3. The van der Waals surface area contributed by atoms with E-state index in [9.17, 15) is 14.7 Å². The Kier molecular flexibility index (Phi) is 5.67. The molecule has 32 heavy (non-hydrogen) atoms. The first kappa shape index (κ1) is 21.1. The number of phenolic OH excluding ortho intramolecular Hbond substituents is 1. The van der Waals surface area contributed by atoms with Gasteiger partial charge in [0.05, 0.1) is 19.4 Å². The van der Waals surface area contributed by atoms with E-state index >= 15 is 0 Å². The number of imide groups is 1. The molecule has 4 fully saturated rings. The Balaban J connectivity index is 1.20. The van der Waals surface area contributed by atoms with Crippen molar-refractivity contribution in [1.82, 2.24) is 15.5 Å². The molecule has 3 amide bonds. The summed E-state index contributed by atoms with van der Waals surface area (Å²) in [5.41, 5.74) is 0.577. The molecule has 7 heteroatoms. The van der Waals surface area contributed by atoms with E-state index < -0.39 is 6.03 Å². The lowest BCUT2D eigenvalue weighted by Crippen LogP contribution is -2.62. The minimum Gasteiger partial charge on any atom is -0.508 e. The van der Waals surface area contributed by atoms with E-state index in [1.54, 1.807) is 24.5 Å². The number of carbonyl (C=O) groups excluding carboxylic acids is 2. The molecule has 0 radical (unpaired) electrons. The Morgan fingerprint density at radius 1 is 1.00 bits per heavy atom. The van der Waals surface area contributed by atoms with Crippen LogP contribution >= 0.6 is 0 Å². The van der Waals surface area contributed by atoms with E-state index in [2.05, 4.69) is 10.6 Å². The molecule has 0 saturated heterocycles. The van der Waals surface area contributed by atoms with E-state index in [-0.39, 0.29) is 23.7 Å². The summed E-state index contributed by atoms with van der Waals surface area (Å²) in [6.07, 6.45) is 8.61. The molecule has 4 saturated carbocycles. The van der Waals surface area contributed by atoms with Crippen LogP contribution in [0.15, 0.2) is 47.1 Å². The number of hydrogen-bond donors (Lipinski definition) is 3. The molecular weight excluding hydrogens is 406 g/mol. The molecule has 3 N–H and O–H groups in total. The Morgan fingerprint density at radius 3 is 2.31 bits per heavy atom. The monoisotopic (exact) mass is 437 g/mol. The lowest BCUT2D eigenvalue weighted by atomic mass is 9.53. The maximum absolute atomic E-state index is 12.7. The summed E-state index contributed by atoms with van der Waals surface area (Å²) in [7, 11) is 0. The molecule has 4 bridgehead atoms. The second kappa shape index (κ2) is 8.62. The predicted octanol–water partition coefficient (Wildman–Crippen LogP) is 3.78. The van der Waals surface area contributed by atoms with Gasteiger partial charge in [-0.3, -0.25) is 15.0 Å². The normalized spacial score (nSPS) is 28.1.